The Hall–Kier alpha value is -3.17. The van der Waals surface area contributed by atoms with Crippen molar-refractivity contribution in [1.29, 1.82) is 5.26 Å². The maximum Gasteiger partial charge on any atom is 0.233 e. The highest BCUT2D eigenvalue weighted by atomic mass is 32.1. The van der Waals surface area contributed by atoms with Crippen molar-refractivity contribution >= 4 is 22.4 Å². The largest absolute Gasteiger partial charge is 0.508 e. The standard InChI is InChI=1S/C21H17N3O2S/c1-21(19(26)24-20-23-7-8-27-20)11-15-6-5-13(12-22)9-17(15)18(21)14-3-2-4-16(25)10-14/h2-10,18,25H,11H2,1H3,(H,23,24,26)/t18-,21+/m1/s1. The van der Waals surface area contributed by atoms with Crippen molar-refractivity contribution in [3.8, 4) is 11.8 Å². The molecule has 4 rings (SSSR count). The first kappa shape index (κ1) is 17.3. The first-order chi connectivity index (χ1) is 13.0. The average Bonchev–Trinajstić information content (AvgIpc) is 3.26. The Kier molecular flexibility index (Phi) is 4.17. The molecule has 6 heteroatoms. The van der Waals surface area contributed by atoms with Crippen LogP contribution in [0.4, 0.5) is 5.13 Å². The number of fused-ring (bicyclic) bond motifs is 1. The van der Waals surface area contributed by atoms with Crippen LogP contribution in [0, 0.1) is 16.7 Å². The van der Waals surface area contributed by atoms with Gasteiger partial charge in [-0.05, 0) is 54.3 Å². The molecule has 0 saturated carbocycles. The van der Waals surface area contributed by atoms with Gasteiger partial charge in [0, 0.05) is 17.5 Å². The van der Waals surface area contributed by atoms with Crippen LogP contribution >= 0.6 is 11.3 Å². The molecule has 0 bridgehead atoms. The summed E-state index contributed by atoms with van der Waals surface area (Å²) in [6.45, 7) is 1.93. The number of amides is 1. The highest BCUT2D eigenvalue weighted by Crippen LogP contribution is 2.51. The predicted octanol–water partition coefficient (Wildman–Crippen LogP) is 4.05. The van der Waals surface area contributed by atoms with Crippen molar-refractivity contribution in [2.75, 3.05) is 5.32 Å². The third-order valence-corrected chi connectivity index (χ3v) is 5.84. The zero-order valence-corrected chi connectivity index (χ0v) is 15.5. The maximum atomic E-state index is 13.3. The molecule has 0 saturated heterocycles. The lowest BCUT2D eigenvalue weighted by Crippen LogP contribution is -2.37. The summed E-state index contributed by atoms with van der Waals surface area (Å²) in [5.74, 6) is -0.242. The van der Waals surface area contributed by atoms with Crippen LogP contribution in [-0.4, -0.2) is 16.0 Å². The highest BCUT2D eigenvalue weighted by Gasteiger charge is 2.49. The third kappa shape index (κ3) is 2.96. The molecule has 2 aromatic carbocycles. The van der Waals surface area contributed by atoms with Crippen molar-refractivity contribution in [2.24, 2.45) is 5.41 Å². The number of phenolic OH excluding ortho intramolecular Hbond substituents is 1. The van der Waals surface area contributed by atoms with E-state index in [1.54, 1.807) is 30.5 Å². The van der Waals surface area contributed by atoms with E-state index >= 15 is 0 Å². The molecule has 134 valence electrons. The van der Waals surface area contributed by atoms with E-state index in [-0.39, 0.29) is 17.6 Å². The van der Waals surface area contributed by atoms with Crippen molar-refractivity contribution in [3.05, 3.63) is 76.3 Å². The van der Waals surface area contributed by atoms with E-state index in [1.165, 1.54) is 11.3 Å². The SMILES string of the molecule is C[C@]1(C(=O)Nc2nccs2)Cc2ccc(C#N)cc2[C@H]1c1cccc(O)c1. The quantitative estimate of drug-likeness (QED) is 0.723. The fourth-order valence-electron chi connectivity index (χ4n) is 3.92. The lowest BCUT2D eigenvalue weighted by molar-refractivity contribution is -0.125. The van der Waals surface area contributed by atoms with Crippen LogP contribution in [0.3, 0.4) is 0 Å². The number of aromatic hydroxyl groups is 1. The Balaban J connectivity index is 1.83. The van der Waals surface area contributed by atoms with Crippen molar-refractivity contribution in [1.82, 2.24) is 4.98 Å². The molecule has 2 atom stereocenters. The van der Waals surface area contributed by atoms with Gasteiger partial charge >= 0.3 is 0 Å². The van der Waals surface area contributed by atoms with Gasteiger partial charge in [0.05, 0.1) is 17.0 Å². The van der Waals surface area contributed by atoms with Gasteiger partial charge in [0.2, 0.25) is 5.91 Å². The number of hydrogen-bond acceptors (Lipinski definition) is 5. The van der Waals surface area contributed by atoms with E-state index in [0.717, 1.165) is 16.7 Å². The highest BCUT2D eigenvalue weighted by molar-refractivity contribution is 7.13. The number of rotatable bonds is 3. The van der Waals surface area contributed by atoms with E-state index in [2.05, 4.69) is 16.4 Å². The second-order valence-corrected chi connectivity index (χ2v) is 7.83. The minimum Gasteiger partial charge on any atom is -0.508 e. The Morgan fingerprint density at radius 1 is 1.37 bits per heavy atom. The summed E-state index contributed by atoms with van der Waals surface area (Å²) < 4.78 is 0. The monoisotopic (exact) mass is 375 g/mol. The molecule has 1 amide bonds. The van der Waals surface area contributed by atoms with Crippen molar-refractivity contribution in [2.45, 2.75) is 19.3 Å². The van der Waals surface area contributed by atoms with Crippen LogP contribution < -0.4 is 5.32 Å². The van der Waals surface area contributed by atoms with Gasteiger partial charge in [-0.1, -0.05) is 18.2 Å². The molecule has 0 spiro atoms. The summed E-state index contributed by atoms with van der Waals surface area (Å²) in [4.78, 5) is 17.4. The molecule has 1 aliphatic carbocycles. The summed E-state index contributed by atoms with van der Waals surface area (Å²) in [6.07, 6.45) is 2.20. The topological polar surface area (TPSA) is 86.0 Å². The van der Waals surface area contributed by atoms with Gasteiger partial charge in [-0.2, -0.15) is 5.26 Å². The first-order valence-corrected chi connectivity index (χ1v) is 9.42. The lowest BCUT2D eigenvalue weighted by Gasteiger charge is -2.31. The molecule has 0 radical (unpaired) electrons. The molecule has 2 N–H and O–H groups in total. The Labute approximate surface area is 160 Å². The number of nitrogens with one attached hydrogen (secondary N) is 1. The molecule has 1 aromatic heterocycles. The van der Waals surface area contributed by atoms with Crippen LogP contribution in [0.15, 0.2) is 54.0 Å². The predicted molar refractivity (Wildman–Crippen MR) is 104 cm³/mol. The van der Waals surface area contributed by atoms with E-state index < -0.39 is 5.41 Å². The van der Waals surface area contributed by atoms with Gasteiger partial charge in [0.1, 0.15) is 5.75 Å². The number of nitrogens with zero attached hydrogens (tertiary/aromatic N) is 2. The number of anilines is 1. The van der Waals surface area contributed by atoms with E-state index in [9.17, 15) is 15.2 Å². The van der Waals surface area contributed by atoms with Gasteiger partial charge in [-0.25, -0.2) is 4.98 Å². The molecule has 3 aromatic rings. The second kappa shape index (κ2) is 6.53. The van der Waals surface area contributed by atoms with Crippen LogP contribution in [0.25, 0.3) is 0 Å². The number of carbonyl (C=O) groups excluding carboxylic acids is 1. The molecular formula is C21H17N3O2S. The number of thiazole rings is 1. The van der Waals surface area contributed by atoms with Crippen LogP contribution in [0.1, 0.15) is 35.1 Å². The van der Waals surface area contributed by atoms with Gasteiger partial charge in [-0.15, -0.1) is 11.3 Å². The second-order valence-electron chi connectivity index (χ2n) is 6.94. The summed E-state index contributed by atoms with van der Waals surface area (Å²) >= 11 is 1.37. The number of aromatic nitrogens is 1. The first-order valence-electron chi connectivity index (χ1n) is 8.54. The van der Waals surface area contributed by atoms with Crippen molar-refractivity contribution in [3.63, 3.8) is 0 Å². The summed E-state index contributed by atoms with van der Waals surface area (Å²) in [5.41, 5.74) is 2.63. The van der Waals surface area contributed by atoms with E-state index in [1.807, 2.05) is 30.5 Å². The number of carbonyl (C=O) groups is 1. The van der Waals surface area contributed by atoms with Gasteiger partial charge in [0.15, 0.2) is 5.13 Å². The zero-order chi connectivity index (χ0) is 19.0. The number of hydrogen-bond donors (Lipinski definition) is 2. The Morgan fingerprint density at radius 2 is 2.22 bits per heavy atom. The summed E-state index contributed by atoms with van der Waals surface area (Å²) in [7, 11) is 0. The molecular weight excluding hydrogens is 358 g/mol. The fraction of sp³-hybridized carbons (Fsp3) is 0.190. The molecule has 0 unspecified atom stereocenters. The molecule has 1 heterocycles. The third-order valence-electron chi connectivity index (χ3n) is 5.16. The fourth-order valence-corrected chi connectivity index (χ4v) is 4.45. The van der Waals surface area contributed by atoms with Crippen molar-refractivity contribution < 1.29 is 9.90 Å². The maximum absolute atomic E-state index is 13.3. The van der Waals surface area contributed by atoms with Gasteiger partial charge in [-0.3, -0.25) is 4.79 Å². The molecule has 0 aliphatic heterocycles. The number of phenols is 1. The summed E-state index contributed by atoms with van der Waals surface area (Å²) in [5, 5.41) is 24.6. The molecule has 0 fully saturated rings. The Morgan fingerprint density at radius 3 is 2.93 bits per heavy atom. The summed E-state index contributed by atoms with van der Waals surface area (Å²) in [6, 6.07) is 14.7. The smallest absolute Gasteiger partial charge is 0.233 e. The minimum absolute atomic E-state index is 0.125. The average molecular weight is 375 g/mol. The van der Waals surface area contributed by atoms with E-state index in [4.69, 9.17) is 0 Å². The van der Waals surface area contributed by atoms with E-state index in [0.29, 0.717) is 17.1 Å². The minimum atomic E-state index is -0.768. The lowest BCUT2D eigenvalue weighted by atomic mass is 9.73. The normalized spacial score (nSPS) is 20.7. The Bertz CT molecular complexity index is 1060. The molecule has 27 heavy (non-hydrogen) atoms. The van der Waals surface area contributed by atoms with Crippen LogP contribution in [0.2, 0.25) is 0 Å². The zero-order valence-electron chi connectivity index (χ0n) is 14.6. The van der Waals surface area contributed by atoms with Crippen LogP contribution in [-0.2, 0) is 11.2 Å². The molecule has 1 aliphatic rings. The van der Waals surface area contributed by atoms with Gasteiger partial charge < -0.3 is 10.4 Å². The van der Waals surface area contributed by atoms with Gasteiger partial charge in [0.25, 0.3) is 0 Å². The number of nitriles is 1. The van der Waals surface area contributed by atoms with Crippen LogP contribution in [0.5, 0.6) is 5.75 Å². The molecule has 5 nitrogen and oxygen atoms in total. The number of benzene rings is 2.